The maximum Gasteiger partial charge on any atom is 0.326 e. The van der Waals surface area contributed by atoms with Crippen LogP contribution in [0.5, 0.6) is 5.75 Å². The molecule has 2 heterocycles. The van der Waals surface area contributed by atoms with Crippen molar-refractivity contribution in [2.45, 2.75) is 52.6 Å². The molecular weight excluding hydrogens is 390 g/mol. The summed E-state index contributed by atoms with van der Waals surface area (Å²) in [5.41, 5.74) is 3.79. The van der Waals surface area contributed by atoms with Crippen LogP contribution in [-0.2, 0) is 19.5 Å². The Kier molecular flexibility index (Phi) is 6.21. The van der Waals surface area contributed by atoms with E-state index in [1.807, 2.05) is 43.3 Å². The van der Waals surface area contributed by atoms with Gasteiger partial charge in [0.15, 0.2) is 5.82 Å². The van der Waals surface area contributed by atoms with E-state index in [0.29, 0.717) is 12.2 Å². The number of aromatic nitrogens is 3. The number of ether oxygens (including phenoxy) is 1. The third-order valence-electron chi connectivity index (χ3n) is 5.94. The third-order valence-corrected chi connectivity index (χ3v) is 5.94. The summed E-state index contributed by atoms with van der Waals surface area (Å²) < 4.78 is 7.40. The van der Waals surface area contributed by atoms with Crippen molar-refractivity contribution in [2.75, 3.05) is 17.3 Å². The fourth-order valence-electron chi connectivity index (χ4n) is 3.96. The number of nitrogens with one attached hydrogen (secondary N) is 1. The van der Waals surface area contributed by atoms with Crippen LogP contribution >= 0.6 is 0 Å². The average Bonchev–Trinajstić information content (AvgIpc) is 3.00. The molecule has 0 bridgehead atoms. The lowest BCUT2D eigenvalue weighted by Gasteiger charge is -2.25. The van der Waals surface area contributed by atoms with E-state index in [0.717, 1.165) is 60.0 Å². The van der Waals surface area contributed by atoms with Crippen LogP contribution in [0.15, 0.2) is 42.5 Å². The number of nitrogens with zero attached hydrogens (tertiary/aromatic N) is 4. The van der Waals surface area contributed by atoms with Crippen molar-refractivity contribution in [1.82, 2.24) is 14.8 Å². The first kappa shape index (κ1) is 20.9. The Labute approximate surface area is 183 Å². The molecule has 0 spiro atoms. The van der Waals surface area contributed by atoms with Gasteiger partial charge in [0.25, 0.3) is 0 Å². The fourth-order valence-corrected chi connectivity index (χ4v) is 3.96. The molecule has 2 aromatic carbocycles. The van der Waals surface area contributed by atoms with Gasteiger partial charge in [0, 0.05) is 24.3 Å². The van der Waals surface area contributed by atoms with Crippen LogP contribution in [0, 0.1) is 13.8 Å². The van der Waals surface area contributed by atoms with Crippen LogP contribution in [0.25, 0.3) is 0 Å². The van der Waals surface area contributed by atoms with Gasteiger partial charge in [0.2, 0.25) is 0 Å². The molecule has 2 amide bonds. The number of urea groups is 1. The number of aryl methyl sites for hydroxylation is 2. The lowest BCUT2D eigenvalue weighted by atomic mass is 10.1. The summed E-state index contributed by atoms with van der Waals surface area (Å²) in [7, 11) is 1.62. The van der Waals surface area contributed by atoms with Gasteiger partial charge in [-0.15, -0.1) is 10.2 Å². The molecule has 0 saturated carbocycles. The molecule has 0 unspecified atom stereocenters. The van der Waals surface area contributed by atoms with Crippen molar-refractivity contribution in [3.8, 4) is 5.75 Å². The molecule has 1 aliphatic heterocycles. The Morgan fingerprint density at radius 3 is 2.68 bits per heavy atom. The Balaban J connectivity index is 1.65. The van der Waals surface area contributed by atoms with Crippen LogP contribution in [0.4, 0.5) is 16.2 Å². The van der Waals surface area contributed by atoms with Crippen molar-refractivity contribution < 1.29 is 9.53 Å². The molecule has 1 aliphatic rings. The minimum Gasteiger partial charge on any atom is -0.497 e. The Morgan fingerprint density at radius 1 is 1.10 bits per heavy atom. The summed E-state index contributed by atoms with van der Waals surface area (Å²) >= 11 is 0. The Bertz CT molecular complexity index is 1060. The van der Waals surface area contributed by atoms with Gasteiger partial charge in [-0.05, 0) is 68.1 Å². The number of amides is 2. The smallest absolute Gasteiger partial charge is 0.326 e. The number of fused-ring (bicyclic) bond motifs is 1. The van der Waals surface area contributed by atoms with E-state index >= 15 is 0 Å². The van der Waals surface area contributed by atoms with E-state index in [1.54, 1.807) is 12.0 Å². The lowest BCUT2D eigenvalue weighted by molar-refractivity contribution is 0.256. The van der Waals surface area contributed by atoms with Gasteiger partial charge in [0.1, 0.15) is 11.6 Å². The van der Waals surface area contributed by atoms with E-state index in [-0.39, 0.29) is 6.03 Å². The van der Waals surface area contributed by atoms with Gasteiger partial charge in [-0.3, -0.25) is 4.90 Å². The molecule has 4 rings (SSSR count). The van der Waals surface area contributed by atoms with E-state index in [1.165, 1.54) is 6.42 Å². The SMILES string of the molecule is COc1ccc(NC(=O)N(Cc2nnc3n2CCCCC3)c2cccc(C)c2C)cc1. The van der Waals surface area contributed by atoms with Gasteiger partial charge >= 0.3 is 6.03 Å². The quantitative estimate of drug-likeness (QED) is 0.640. The number of hydrogen-bond acceptors (Lipinski definition) is 4. The highest BCUT2D eigenvalue weighted by molar-refractivity contribution is 6.02. The van der Waals surface area contributed by atoms with Crippen LogP contribution in [0.1, 0.15) is 42.0 Å². The fraction of sp³-hybridized carbons (Fsp3) is 0.375. The Hall–Kier alpha value is -3.35. The van der Waals surface area contributed by atoms with Gasteiger partial charge < -0.3 is 14.6 Å². The van der Waals surface area contributed by atoms with Crippen molar-refractivity contribution >= 4 is 17.4 Å². The highest BCUT2D eigenvalue weighted by Gasteiger charge is 2.23. The number of methoxy groups -OCH3 is 1. The van der Waals surface area contributed by atoms with Crippen molar-refractivity contribution in [2.24, 2.45) is 0 Å². The normalized spacial score (nSPS) is 13.3. The topological polar surface area (TPSA) is 72.3 Å². The summed E-state index contributed by atoms with van der Waals surface area (Å²) in [6.07, 6.45) is 4.38. The number of anilines is 2. The number of carbonyl (C=O) groups is 1. The summed E-state index contributed by atoms with van der Waals surface area (Å²) in [6, 6.07) is 13.1. The second-order valence-electron chi connectivity index (χ2n) is 7.96. The summed E-state index contributed by atoms with van der Waals surface area (Å²) in [5.74, 6) is 2.59. The number of carbonyl (C=O) groups excluding carboxylic acids is 1. The average molecular weight is 420 g/mol. The first-order chi connectivity index (χ1) is 15.1. The van der Waals surface area contributed by atoms with Gasteiger partial charge in [-0.2, -0.15) is 0 Å². The third kappa shape index (κ3) is 4.55. The molecule has 1 N–H and O–H groups in total. The largest absolute Gasteiger partial charge is 0.497 e. The lowest BCUT2D eigenvalue weighted by Crippen LogP contribution is -2.36. The minimum absolute atomic E-state index is 0.204. The second-order valence-corrected chi connectivity index (χ2v) is 7.96. The van der Waals surface area contributed by atoms with Crippen LogP contribution in [0.3, 0.4) is 0 Å². The molecule has 0 fully saturated rings. The van der Waals surface area contributed by atoms with Gasteiger partial charge in [-0.25, -0.2) is 4.79 Å². The number of hydrogen-bond donors (Lipinski definition) is 1. The molecule has 162 valence electrons. The molecule has 3 aromatic rings. The van der Waals surface area contributed by atoms with E-state index < -0.39 is 0 Å². The van der Waals surface area contributed by atoms with Crippen LogP contribution < -0.4 is 15.0 Å². The summed E-state index contributed by atoms with van der Waals surface area (Å²) in [4.78, 5) is 15.2. The minimum atomic E-state index is -0.204. The van der Waals surface area contributed by atoms with Crippen LogP contribution in [-0.4, -0.2) is 27.9 Å². The van der Waals surface area contributed by atoms with E-state index in [2.05, 4.69) is 33.1 Å². The molecule has 1 aromatic heterocycles. The van der Waals surface area contributed by atoms with Gasteiger partial charge in [-0.1, -0.05) is 18.6 Å². The first-order valence-electron chi connectivity index (χ1n) is 10.8. The zero-order chi connectivity index (χ0) is 21.8. The van der Waals surface area contributed by atoms with Crippen molar-refractivity contribution in [1.29, 1.82) is 0 Å². The van der Waals surface area contributed by atoms with Gasteiger partial charge in [0.05, 0.1) is 13.7 Å². The summed E-state index contributed by atoms with van der Waals surface area (Å²) in [6.45, 7) is 5.36. The monoisotopic (exact) mass is 419 g/mol. The molecule has 0 aliphatic carbocycles. The van der Waals surface area contributed by atoms with Crippen molar-refractivity contribution in [3.63, 3.8) is 0 Å². The molecule has 31 heavy (non-hydrogen) atoms. The zero-order valence-corrected chi connectivity index (χ0v) is 18.4. The maximum absolute atomic E-state index is 13.4. The predicted molar refractivity (Wildman–Crippen MR) is 122 cm³/mol. The summed E-state index contributed by atoms with van der Waals surface area (Å²) in [5, 5.41) is 11.9. The second kappa shape index (κ2) is 9.20. The first-order valence-corrected chi connectivity index (χ1v) is 10.8. The molecular formula is C24H29N5O2. The Morgan fingerprint density at radius 2 is 1.90 bits per heavy atom. The maximum atomic E-state index is 13.4. The zero-order valence-electron chi connectivity index (χ0n) is 18.4. The molecule has 0 radical (unpaired) electrons. The molecule has 7 nitrogen and oxygen atoms in total. The number of benzene rings is 2. The van der Waals surface area contributed by atoms with Crippen molar-refractivity contribution in [3.05, 3.63) is 65.2 Å². The number of rotatable bonds is 5. The van der Waals surface area contributed by atoms with E-state index in [4.69, 9.17) is 4.74 Å². The standard InChI is InChI=1S/C24H29N5O2/c1-17-8-7-9-21(18(17)2)29(24(30)25-19-11-13-20(31-3)14-12-19)16-23-27-26-22-10-5-4-6-15-28(22)23/h7-9,11-14H,4-6,10,15-16H2,1-3H3,(H,25,30). The molecule has 0 saturated heterocycles. The molecule has 0 atom stereocenters. The highest BCUT2D eigenvalue weighted by Crippen LogP contribution is 2.26. The van der Waals surface area contributed by atoms with E-state index in [9.17, 15) is 4.79 Å². The molecule has 7 heteroatoms. The highest BCUT2D eigenvalue weighted by atomic mass is 16.5. The predicted octanol–water partition coefficient (Wildman–Crippen LogP) is 4.87. The van der Waals surface area contributed by atoms with Crippen LogP contribution in [0.2, 0.25) is 0 Å².